The maximum Gasteiger partial charge on any atom is 0.253 e. The largest absolute Gasteiger partial charge is 0.348 e. The lowest BCUT2D eigenvalue weighted by atomic mass is 10.2. The van der Waals surface area contributed by atoms with Crippen molar-refractivity contribution in [3.8, 4) is 0 Å². The van der Waals surface area contributed by atoms with Gasteiger partial charge in [0.2, 0.25) is 0 Å². The third-order valence-corrected chi connectivity index (χ3v) is 4.16. The molecule has 0 spiro atoms. The number of halogens is 2. The molecule has 3 rings (SSSR count). The summed E-state index contributed by atoms with van der Waals surface area (Å²) in [6.45, 7) is 0.364. The van der Waals surface area contributed by atoms with Crippen molar-refractivity contribution in [3.63, 3.8) is 0 Å². The maximum atomic E-state index is 12.2. The zero-order valence-corrected chi connectivity index (χ0v) is 14.7. The molecule has 0 saturated carbocycles. The van der Waals surface area contributed by atoms with Crippen molar-refractivity contribution in [3.05, 3.63) is 88.0 Å². The summed E-state index contributed by atoms with van der Waals surface area (Å²) in [7, 11) is 0. The van der Waals surface area contributed by atoms with E-state index in [4.69, 9.17) is 23.2 Å². The first-order valence-corrected chi connectivity index (χ1v) is 8.38. The summed E-state index contributed by atoms with van der Waals surface area (Å²) in [6, 6.07) is 18.2. The molecule has 0 aliphatic heterocycles. The summed E-state index contributed by atoms with van der Waals surface area (Å²) in [5.41, 5.74) is 2.22. The molecule has 1 amide bonds. The van der Waals surface area contributed by atoms with E-state index < -0.39 is 0 Å². The zero-order chi connectivity index (χ0) is 17.6. The van der Waals surface area contributed by atoms with Gasteiger partial charge in [0.1, 0.15) is 5.82 Å². The smallest absolute Gasteiger partial charge is 0.253 e. The normalized spacial score (nSPS) is 10.3. The summed E-state index contributed by atoms with van der Waals surface area (Å²) >= 11 is 11.9. The second-order valence-electron chi connectivity index (χ2n) is 5.34. The Labute approximate surface area is 155 Å². The lowest BCUT2D eigenvalue weighted by Crippen LogP contribution is -2.23. The monoisotopic (exact) mass is 371 g/mol. The minimum Gasteiger partial charge on any atom is -0.348 e. The van der Waals surface area contributed by atoms with E-state index >= 15 is 0 Å². The van der Waals surface area contributed by atoms with Crippen LogP contribution in [0.15, 0.2) is 66.9 Å². The van der Waals surface area contributed by atoms with Gasteiger partial charge < -0.3 is 10.6 Å². The number of rotatable bonds is 5. The minimum absolute atomic E-state index is 0.203. The fourth-order valence-corrected chi connectivity index (χ4v) is 2.53. The van der Waals surface area contributed by atoms with Crippen LogP contribution in [0.3, 0.4) is 0 Å². The lowest BCUT2D eigenvalue weighted by Gasteiger charge is -2.08. The molecule has 0 radical (unpaired) electrons. The number of anilines is 2. The van der Waals surface area contributed by atoms with Gasteiger partial charge in [0, 0.05) is 28.5 Å². The molecular formula is C19H15Cl2N3O. The molecule has 3 aromatic rings. The highest BCUT2D eigenvalue weighted by molar-refractivity contribution is 6.31. The van der Waals surface area contributed by atoms with Crippen molar-refractivity contribution in [1.82, 2.24) is 10.3 Å². The lowest BCUT2D eigenvalue weighted by molar-refractivity contribution is 0.0950. The quantitative estimate of drug-likeness (QED) is 0.658. The number of carbonyl (C=O) groups is 1. The predicted molar refractivity (Wildman–Crippen MR) is 102 cm³/mol. The Morgan fingerprint density at radius 1 is 0.960 bits per heavy atom. The number of nitrogens with one attached hydrogen (secondary N) is 2. The molecule has 0 bridgehead atoms. The van der Waals surface area contributed by atoms with Crippen LogP contribution in [0, 0.1) is 0 Å². The highest BCUT2D eigenvalue weighted by Crippen LogP contribution is 2.18. The van der Waals surface area contributed by atoms with Crippen LogP contribution in [0.5, 0.6) is 0 Å². The third-order valence-electron chi connectivity index (χ3n) is 3.54. The standard InChI is InChI=1S/C19H15Cl2N3O/c20-15-6-8-16(9-7-15)24-18-10-5-14(12-22-18)19(25)23-11-13-3-1-2-4-17(13)21/h1-10,12H,11H2,(H,22,24)(H,23,25). The number of pyridine rings is 1. The zero-order valence-electron chi connectivity index (χ0n) is 13.2. The van der Waals surface area contributed by atoms with E-state index in [2.05, 4.69) is 15.6 Å². The third kappa shape index (κ3) is 4.72. The summed E-state index contributed by atoms with van der Waals surface area (Å²) in [6.07, 6.45) is 1.53. The van der Waals surface area contributed by atoms with Gasteiger partial charge >= 0.3 is 0 Å². The van der Waals surface area contributed by atoms with Crippen molar-refractivity contribution >= 4 is 40.6 Å². The molecule has 1 heterocycles. The fourth-order valence-electron chi connectivity index (χ4n) is 2.20. The van der Waals surface area contributed by atoms with Crippen LogP contribution >= 0.6 is 23.2 Å². The summed E-state index contributed by atoms with van der Waals surface area (Å²) in [5, 5.41) is 7.28. The Balaban J connectivity index is 1.60. The van der Waals surface area contributed by atoms with Gasteiger partial charge in [0.25, 0.3) is 5.91 Å². The highest BCUT2D eigenvalue weighted by Gasteiger charge is 2.07. The van der Waals surface area contributed by atoms with Gasteiger partial charge in [-0.3, -0.25) is 4.79 Å². The number of amides is 1. The molecule has 2 aromatic carbocycles. The molecular weight excluding hydrogens is 357 g/mol. The van der Waals surface area contributed by atoms with E-state index in [1.54, 1.807) is 30.3 Å². The van der Waals surface area contributed by atoms with E-state index in [1.807, 2.05) is 30.3 Å². The average Bonchev–Trinajstić information content (AvgIpc) is 2.63. The Hall–Kier alpha value is -2.56. The molecule has 0 aliphatic carbocycles. The summed E-state index contributed by atoms with van der Waals surface area (Å²) in [5.74, 6) is 0.440. The molecule has 6 heteroatoms. The first-order chi connectivity index (χ1) is 12.1. The van der Waals surface area contributed by atoms with E-state index in [9.17, 15) is 4.79 Å². The Morgan fingerprint density at radius 3 is 2.40 bits per heavy atom. The maximum absolute atomic E-state index is 12.2. The van der Waals surface area contributed by atoms with E-state index in [0.717, 1.165) is 11.3 Å². The number of carbonyl (C=O) groups excluding carboxylic acids is 1. The van der Waals surface area contributed by atoms with Gasteiger partial charge in [-0.15, -0.1) is 0 Å². The summed E-state index contributed by atoms with van der Waals surface area (Å²) in [4.78, 5) is 16.5. The highest BCUT2D eigenvalue weighted by atomic mass is 35.5. The number of nitrogens with zero attached hydrogens (tertiary/aromatic N) is 1. The molecule has 0 atom stereocenters. The van der Waals surface area contributed by atoms with Crippen molar-refractivity contribution in [2.24, 2.45) is 0 Å². The van der Waals surface area contributed by atoms with Crippen LogP contribution in [0.4, 0.5) is 11.5 Å². The van der Waals surface area contributed by atoms with Crippen molar-refractivity contribution in [2.75, 3.05) is 5.32 Å². The van der Waals surface area contributed by atoms with Gasteiger partial charge in [0.05, 0.1) is 5.56 Å². The minimum atomic E-state index is -0.203. The Bertz CT molecular complexity index is 865. The first-order valence-electron chi connectivity index (χ1n) is 7.62. The second-order valence-corrected chi connectivity index (χ2v) is 6.18. The molecule has 1 aromatic heterocycles. The van der Waals surface area contributed by atoms with E-state index in [-0.39, 0.29) is 5.91 Å². The molecule has 0 unspecified atom stereocenters. The molecule has 0 saturated heterocycles. The van der Waals surface area contributed by atoms with Crippen LogP contribution in [0.25, 0.3) is 0 Å². The topological polar surface area (TPSA) is 54.0 Å². The molecule has 0 aliphatic rings. The first kappa shape index (κ1) is 17.3. The van der Waals surface area contributed by atoms with Gasteiger partial charge in [0.15, 0.2) is 0 Å². The van der Waals surface area contributed by atoms with E-state index in [1.165, 1.54) is 6.20 Å². The molecule has 25 heavy (non-hydrogen) atoms. The van der Waals surface area contributed by atoms with Crippen LogP contribution in [-0.4, -0.2) is 10.9 Å². The van der Waals surface area contributed by atoms with E-state index in [0.29, 0.717) is 28.0 Å². The van der Waals surface area contributed by atoms with Gasteiger partial charge in [-0.2, -0.15) is 0 Å². The second kappa shape index (κ2) is 8.01. The molecule has 126 valence electrons. The fraction of sp³-hybridized carbons (Fsp3) is 0.0526. The van der Waals surface area contributed by atoms with Crippen LogP contribution in [0.2, 0.25) is 10.0 Å². The Morgan fingerprint density at radius 2 is 1.72 bits per heavy atom. The summed E-state index contributed by atoms with van der Waals surface area (Å²) < 4.78 is 0. The number of benzene rings is 2. The number of hydrogen-bond donors (Lipinski definition) is 2. The molecule has 2 N–H and O–H groups in total. The van der Waals surface area contributed by atoms with Gasteiger partial charge in [-0.05, 0) is 48.0 Å². The van der Waals surface area contributed by atoms with Crippen molar-refractivity contribution in [1.29, 1.82) is 0 Å². The van der Waals surface area contributed by atoms with Gasteiger partial charge in [-0.25, -0.2) is 4.98 Å². The number of hydrogen-bond acceptors (Lipinski definition) is 3. The molecule has 4 nitrogen and oxygen atoms in total. The van der Waals surface area contributed by atoms with Crippen LogP contribution in [-0.2, 0) is 6.54 Å². The SMILES string of the molecule is O=C(NCc1ccccc1Cl)c1ccc(Nc2ccc(Cl)cc2)nc1. The number of aromatic nitrogens is 1. The average molecular weight is 372 g/mol. The van der Waals surface area contributed by atoms with Gasteiger partial charge in [-0.1, -0.05) is 41.4 Å². The van der Waals surface area contributed by atoms with Crippen molar-refractivity contribution < 1.29 is 4.79 Å². The van der Waals surface area contributed by atoms with Crippen molar-refractivity contribution in [2.45, 2.75) is 6.54 Å². The predicted octanol–water partition coefficient (Wildman–Crippen LogP) is 5.06. The van der Waals surface area contributed by atoms with Crippen LogP contribution < -0.4 is 10.6 Å². The Kier molecular flexibility index (Phi) is 5.53. The molecule has 0 fully saturated rings. The van der Waals surface area contributed by atoms with Crippen LogP contribution in [0.1, 0.15) is 15.9 Å².